The van der Waals surface area contributed by atoms with Crippen molar-refractivity contribution < 1.29 is 13.7 Å². The second kappa shape index (κ2) is 8.13. The Morgan fingerprint density at radius 2 is 1.83 bits per heavy atom. The van der Waals surface area contributed by atoms with Gasteiger partial charge in [-0.05, 0) is 66.2 Å². The Hall–Kier alpha value is -1.83. The number of morpholine rings is 1. The minimum Gasteiger partial charge on any atom is -0.591 e. The Kier molecular flexibility index (Phi) is 6.13. The smallest absolute Gasteiger partial charge is 0.200 e. The molecule has 1 aromatic heterocycles. The van der Waals surface area contributed by atoms with Gasteiger partial charge in [0.25, 0.3) is 0 Å². The van der Waals surface area contributed by atoms with E-state index in [1.54, 1.807) is 6.07 Å². The van der Waals surface area contributed by atoms with Crippen LogP contribution in [0.1, 0.15) is 52.7 Å². The van der Waals surface area contributed by atoms with E-state index in [4.69, 9.17) is 9.15 Å². The summed E-state index contributed by atoms with van der Waals surface area (Å²) in [5.74, 6) is 0.527. The van der Waals surface area contributed by atoms with Gasteiger partial charge in [0.15, 0.2) is 11.3 Å². The zero-order chi connectivity index (χ0) is 21.5. The van der Waals surface area contributed by atoms with E-state index in [0.29, 0.717) is 41.2 Å². The zero-order valence-electron chi connectivity index (χ0n) is 18.2. The van der Waals surface area contributed by atoms with Crippen molar-refractivity contribution in [3.63, 3.8) is 0 Å². The van der Waals surface area contributed by atoms with Crippen molar-refractivity contribution in [3.05, 3.63) is 39.5 Å². The molecule has 1 aliphatic rings. The van der Waals surface area contributed by atoms with Gasteiger partial charge in [-0.1, -0.05) is 4.40 Å². The third-order valence-corrected chi connectivity index (χ3v) is 6.31. The van der Waals surface area contributed by atoms with Crippen LogP contribution in [0.3, 0.4) is 0 Å². The predicted octanol–water partition coefficient (Wildman–Crippen LogP) is 3.99. The van der Waals surface area contributed by atoms with Crippen LogP contribution in [0.5, 0.6) is 0 Å². The van der Waals surface area contributed by atoms with Gasteiger partial charge in [0.1, 0.15) is 21.7 Å². The van der Waals surface area contributed by atoms with Gasteiger partial charge in [0.05, 0.1) is 23.3 Å². The molecule has 7 heteroatoms. The van der Waals surface area contributed by atoms with E-state index in [9.17, 15) is 9.35 Å². The van der Waals surface area contributed by atoms with Gasteiger partial charge in [-0.15, -0.1) is 0 Å². The van der Waals surface area contributed by atoms with Crippen LogP contribution < -0.4 is 10.3 Å². The van der Waals surface area contributed by atoms with Crippen LogP contribution in [-0.2, 0) is 16.1 Å². The topological polar surface area (TPSA) is 78.1 Å². The lowest BCUT2D eigenvalue weighted by Gasteiger charge is -2.35. The molecule has 0 saturated carbocycles. The van der Waals surface area contributed by atoms with E-state index >= 15 is 0 Å². The van der Waals surface area contributed by atoms with Gasteiger partial charge in [0, 0.05) is 24.7 Å². The largest absolute Gasteiger partial charge is 0.591 e. The molecule has 3 rings (SSSR count). The van der Waals surface area contributed by atoms with Gasteiger partial charge >= 0.3 is 0 Å². The number of aryl methyl sites for hydroxylation is 1. The minimum atomic E-state index is -1.40. The molecule has 1 unspecified atom stereocenters. The number of ether oxygens (including phenoxy) is 1. The Balaban J connectivity index is 2.14. The van der Waals surface area contributed by atoms with Gasteiger partial charge in [-0.25, -0.2) is 0 Å². The summed E-state index contributed by atoms with van der Waals surface area (Å²) in [6.45, 7) is 14.7. The van der Waals surface area contributed by atoms with Gasteiger partial charge in [-0.3, -0.25) is 4.79 Å². The summed E-state index contributed by atoms with van der Waals surface area (Å²) in [5, 5.41) is 0.509. The molecule has 0 bridgehead atoms. The molecule has 1 saturated heterocycles. The van der Waals surface area contributed by atoms with Crippen molar-refractivity contribution in [2.45, 2.75) is 65.4 Å². The fourth-order valence-electron chi connectivity index (χ4n) is 3.48. The molecule has 3 atom stereocenters. The lowest BCUT2D eigenvalue weighted by Crippen LogP contribution is -2.45. The second-order valence-electron chi connectivity index (χ2n) is 8.84. The molecule has 1 aromatic carbocycles. The maximum atomic E-state index is 12.9. The Morgan fingerprint density at radius 1 is 1.21 bits per heavy atom. The van der Waals surface area contributed by atoms with E-state index in [2.05, 4.69) is 4.40 Å². The molecule has 0 radical (unpaired) electrons. The maximum absolute atomic E-state index is 12.9. The summed E-state index contributed by atoms with van der Waals surface area (Å²) in [5.41, 5.74) is 2.61. The van der Waals surface area contributed by atoms with Crippen molar-refractivity contribution in [2.24, 2.45) is 4.40 Å². The number of rotatable bonds is 3. The average molecular weight is 419 g/mol. The maximum Gasteiger partial charge on any atom is 0.200 e. The molecule has 1 fully saturated rings. The molecule has 0 amide bonds. The van der Waals surface area contributed by atoms with Crippen LogP contribution in [0.25, 0.3) is 11.0 Å². The lowest BCUT2D eigenvalue weighted by molar-refractivity contribution is -0.00638. The van der Waals surface area contributed by atoms with Crippen molar-refractivity contribution in [1.29, 1.82) is 0 Å². The molecule has 2 heterocycles. The molecule has 2 aromatic rings. The average Bonchev–Trinajstić information content (AvgIpc) is 2.59. The fourth-order valence-corrected chi connectivity index (χ4v) is 4.10. The highest BCUT2D eigenvalue weighted by atomic mass is 32.2. The lowest BCUT2D eigenvalue weighted by atomic mass is 10.0. The summed E-state index contributed by atoms with van der Waals surface area (Å²) in [6, 6.07) is 5.31. The molecule has 6 nitrogen and oxygen atoms in total. The molecule has 0 N–H and O–H groups in total. The highest BCUT2D eigenvalue weighted by Gasteiger charge is 2.28. The number of nitrogens with zero attached hydrogens (tertiary/aromatic N) is 2. The first-order chi connectivity index (χ1) is 13.5. The summed E-state index contributed by atoms with van der Waals surface area (Å²) in [7, 11) is 0. The van der Waals surface area contributed by atoms with Crippen LogP contribution in [-0.4, -0.2) is 40.3 Å². The van der Waals surface area contributed by atoms with Crippen molar-refractivity contribution >= 4 is 33.9 Å². The monoisotopic (exact) mass is 418 g/mol. The van der Waals surface area contributed by atoms with Gasteiger partial charge < -0.3 is 18.6 Å². The van der Waals surface area contributed by atoms with Crippen molar-refractivity contribution in [2.75, 3.05) is 18.0 Å². The SMILES string of the molecule is C/C(=N\[S+]([O-])C(C)(C)C)c1cc(C)cc2c(=O)cc(N3C[C@@H](C)O[C@@H](C)C3)oc12. The molecule has 0 spiro atoms. The Morgan fingerprint density at radius 3 is 2.41 bits per heavy atom. The highest BCUT2D eigenvalue weighted by molar-refractivity contribution is 7.91. The quantitative estimate of drug-likeness (QED) is 0.556. The summed E-state index contributed by atoms with van der Waals surface area (Å²) in [6.07, 6.45) is 0.101. The Labute approximate surface area is 175 Å². The molecule has 158 valence electrons. The van der Waals surface area contributed by atoms with E-state index in [0.717, 1.165) is 5.56 Å². The van der Waals surface area contributed by atoms with Crippen LogP contribution >= 0.6 is 0 Å². The fraction of sp³-hybridized carbons (Fsp3) is 0.545. The number of benzene rings is 1. The number of fused-ring (bicyclic) bond motifs is 1. The molecular formula is C22H30N2O4S. The number of hydrogen-bond donors (Lipinski definition) is 0. The van der Waals surface area contributed by atoms with E-state index in [-0.39, 0.29) is 17.6 Å². The van der Waals surface area contributed by atoms with E-state index in [1.165, 1.54) is 0 Å². The van der Waals surface area contributed by atoms with Crippen LogP contribution in [0, 0.1) is 6.92 Å². The second-order valence-corrected chi connectivity index (χ2v) is 10.7. The van der Waals surface area contributed by atoms with E-state index < -0.39 is 16.1 Å². The summed E-state index contributed by atoms with van der Waals surface area (Å²) in [4.78, 5) is 14.9. The first-order valence-corrected chi connectivity index (χ1v) is 11.0. The third-order valence-electron chi connectivity index (χ3n) is 4.82. The number of anilines is 1. The van der Waals surface area contributed by atoms with Crippen molar-refractivity contribution in [1.82, 2.24) is 0 Å². The van der Waals surface area contributed by atoms with Gasteiger partial charge in [-0.2, -0.15) is 0 Å². The molecule has 0 aliphatic carbocycles. The van der Waals surface area contributed by atoms with Crippen LogP contribution in [0.4, 0.5) is 5.88 Å². The molecular weight excluding hydrogens is 388 g/mol. The van der Waals surface area contributed by atoms with E-state index in [1.807, 2.05) is 65.5 Å². The summed E-state index contributed by atoms with van der Waals surface area (Å²) >= 11 is -1.40. The Bertz CT molecular complexity index is 983. The van der Waals surface area contributed by atoms with Crippen LogP contribution in [0.2, 0.25) is 0 Å². The number of hydrogen-bond acceptors (Lipinski definition) is 6. The standard InChI is InChI=1S/C22H30N2O4S/c1-13-8-17(16(4)23-29(26)22(5,6)7)21-18(9-13)19(25)10-20(28-21)24-11-14(2)27-15(3)12-24/h8-10,14-15H,11-12H2,1-7H3/b23-16+/t14-,15+,29?. The zero-order valence-corrected chi connectivity index (χ0v) is 19.1. The van der Waals surface area contributed by atoms with Crippen LogP contribution in [0.15, 0.2) is 31.8 Å². The first-order valence-electron chi connectivity index (χ1n) is 9.92. The third kappa shape index (κ3) is 4.85. The minimum absolute atomic E-state index is 0.0507. The van der Waals surface area contributed by atoms with Gasteiger partial charge in [0.2, 0.25) is 0 Å². The molecule has 29 heavy (non-hydrogen) atoms. The summed E-state index contributed by atoms with van der Waals surface area (Å²) < 4.78 is 28.5. The van der Waals surface area contributed by atoms with Crippen molar-refractivity contribution in [3.8, 4) is 0 Å². The predicted molar refractivity (Wildman–Crippen MR) is 120 cm³/mol. The molecule has 1 aliphatic heterocycles. The highest BCUT2D eigenvalue weighted by Crippen LogP contribution is 2.27. The first kappa shape index (κ1) is 21.9. The normalized spacial score (nSPS) is 22.2.